The number of hydrogen-bond acceptors (Lipinski definition) is 3. The summed E-state index contributed by atoms with van der Waals surface area (Å²) in [6.45, 7) is 3.45. The molecule has 15 heavy (non-hydrogen) atoms. The first kappa shape index (κ1) is 12.0. The van der Waals surface area contributed by atoms with Crippen LogP contribution in [0.2, 0.25) is 0 Å². The summed E-state index contributed by atoms with van der Waals surface area (Å²) in [7, 11) is 1.79. The van der Waals surface area contributed by atoms with Crippen molar-refractivity contribution in [3.63, 3.8) is 0 Å². The van der Waals surface area contributed by atoms with Crippen molar-refractivity contribution in [2.45, 2.75) is 13.3 Å². The smallest absolute Gasteiger partial charge is 0.308 e. The van der Waals surface area contributed by atoms with Gasteiger partial charge in [0.25, 0.3) is 0 Å². The Kier molecular flexibility index (Phi) is 4.08. The van der Waals surface area contributed by atoms with Crippen LogP contribution in [-0.4, -0.2) is 48.6 Å². The number of hydrogen-bond donors (Lipinski definition) is 2. The van der Waals surface area contributed by atoms with Gasteiger partial charge in [0.1, 0.15) is 0 Å². The largest absolute Gasteiger partial charge is 0.481 e. The van der Waals surface area contributed by atoms with E-state index >= 15 is 0 Å². The van der Waals surface area contributed by atoms with Crippen LogP contribution in [0.5, 0.6) is 0 Å². The number of carbonyl (C=O) groups excluding carboxylic acids is 1. The number of nitrogens with one attached hydrogen (secondary N) is 1. The number of nitrogens with zero attached hydrogens (tertiary/aromatic N) is 1. The van der Waals surface area contributed by atoms with Crippen molar-refractivity contribution in [2.75, 3.05) is 26.7 Å². The van der Waals surface area contributed by atoms with Gasteiger partial charge in [0, 0.05) is 26.1 Å². The van der Waals surface area contributed by atoms with Gasteiger partial charge in [0.15, 0.2) is 0 Å². The Morgan fingerprint density at radius 3 is 2.60 bits per heavy atom. The minimum Gasteiger partial charge on any atom is -0.481 e. The Morgan fingerprint density at radius 2 is 2.13 bits per heavy atom. The van der Waals surface area contributed by atoms with Crippen molar-refractivity contribution in [3.8, 4) is 0 Å². The molecule has 0 aromatic heterocycles. The summed E-state index contributed by atoms with van der Waals surface area (Å²) in [5.41, 5.74) is 0. The number of carboxylic acids is 1. The maximum Gasteiger partial charge on any atom is 0.308 e. The van der Waals surface area contributed by atoms with Crippen LogP contribution in [0.25, 0.3) is 0 Å². The van der Waals surface area contributed by atoms with Crippen molar-refractivity contribution < 1.29 is 14.7 Å². The third-order valence-electron chi connectivity index (χ3n) is 2.87. The minimum atomic E-state index is -0.800. The second-order valence-electron chi connectivity index (χ2n) is 4.07. The average Bonchev–Trinajstić information content (AvgIpc) is 2.56. The van der Waals surface area contributed by atoms with Crippen LogP contribution >= 0.6 is 0 Å². The van der Waals surface area contributed by atoms with Gasteiger partial charge >= 0.3 is 5.97 Å². The number of carbonyl (C=O) groups is 2. The van der Waals surface area contributed by atoms with E-state index in [1.165, 1.54) is 0 Å². The van der Waals surface area contributed by atoms with Gasteiger partial charge in [0.2, 0.25) is 5.91 Å². The highest BCUT2D eigenvalue weighted by molar-refractivity contribution is 5.79. The zero-order valence-corrected chi connectivity index (χ0v) is 9.19. The monoisotopic (exact) mass is 214 g/mol. The third-order valence-corrected chi connectivity index (χ3v) is 2.87. The van der Waals surface area contributed by atoms with Crippen LogP contribution in [0, 0.1) is 11.8 Å². The highest BCUT2D eigenvalue weighted by atomic mass is 16.4. The summed E-state index contributed by atoms with van der Waals surface area (Å²) < 4.78 is 0. The molecule has 0 aromatic carbocycles. The van der Waals surface area contributed by atoms with Crippen molar-refractivity contribution in [3.05, 3.63) is 0 Å². The number of carboxylic acid groups (broad SMARTS) is 1. The normalized spacial score (nSPS) is 25.6. The first-order valence-corrected chi connectivity index (χ1v) is 5.21. The van der Waals surface area contributed by atoms with Gasteiger partial charge in [0.05, 0.1) is 5.92 Å². The zero-order chi connectivity index (χ0) is 11.4. The molecule has 0 aromatic rings. The van der Waals surface area contributed by atoms with Crippen LogP contribution in [0.4, 0.5) is 0 Å². The summed E-state index contributed by atoms with van der Waals surface area (Å²) in [6.07, 6.45) is 0.440. The molecule has 86 valence electrons. The Balaban J connectivity index is 2.47. The molecule has 1 rings (SSSR count). The van der Waals surface area contributed by atoms with E-state index in [1.54, 1.807) is 11.9 Å². The molecule has 1 aliphatic heterocycles. The topological polar surface area (TPSA) is 69.6 Å². The molecule has 1 saturated heterocycles. The minimum absolute atomic E-state index is 0.0416. The molecule has 0 radical (unpaired) electrons. The highest BCUT2D eigenvalue weighted by Gasteiger charge is 2.36. The summed E-state index contributed by atoms with van der Waals surface area (Å²) in [5, 5.41) is 11.8. The summed E-state index contributed by atoms with van der Waals surface area (Å²) in [5.74, 6) is -1.10. The number of rotatable bonds is 4. The SMILES string of the molecule is CNCCC(=O)N1C[C@@H](C)[C@H](C(=O)O)C1. The Morgan fingerprint density at radius 1 is 1.47 bits per heavy atom. The van der Waals surface area contributed by atoms with E-state index in [-0.39, 0.29) is 11.8 Å². The molecule has 0 saturated carbocycles. The van der Waals surface area contributed by atoms with Crippen molar-refractivity contribution in [1.29, 1.82) is 0 Å². The van der Waals surface area contributed by atoms with Gasteiger partial charge in [-0.05, 0) is 13.0 Å². The van der Waals surface area contributed by atoms with Crippen molar-refractivity contribution in [2.24, 2.45) is 11.8 Å². The molecule has 0 bridgehead atoms. The van der Waals surface area contributed by atoms with Gasteiger partial charge in [-0.25, -0.2) is 0 Å². The molecule has 1 amide bonds. The van der Waals surface area contributed by atoms with Gasteiger partial charge in [-0.2, -0.15) is 0 Å². The molecule has 0 spiro atoms. The number of aliphatic carboxylic acids is 1. The Labute approximate surface area is 89.4 Å². The summed E-state index contributed by atoms with van der Waals surface area (Å²) >= 11 is 0. The van der Waals surface area contributed by atoms with Gasteiger partial charge < -0.3 is 15.3 Å². The fourth-order valence-electron chi connectivity index (χ4n) is 1.88. The zero-order valence-electron chi connectivity index (χ0n) is 9.19. The predicted molar refractivity (Wildman–Crippen MR) is 55.4 cm³/mol. The van der Waals surface area contributed by atoms with Gasteiger partial charge in [-0.3, -0.25) is 9.59 Å². The second kappa shape index (κ2) is 5.11. The molecule has 2 atom stereocenters. The lowest BCUT2D eigenvalue weighted by atomic mass is 9.99. The van der Waals surface area contributed by atoms with E-state index in [1.807, 2.05) is 6.92 Å². The summed E-state index contributed by atoms with van der Waals surface area (Å²) in [4.78, 5) is 24.1. The predicted octanol–water partition coefficient (Wildman–Crippen LogP) is -0.225. The van der Waals surface area contributed by atoms with Gasteiger partial charge in [-0.1, -0.05) is 6.92 Å². The molecular formula is C10H18N2O3. The molecule has 0 aliphatic carbocycles. The fourth-order valence-corrected chi connectivity index (χ4v) is 1.88. The van der Waals surface area contributed by atoms with Crippen LogP contribution < -0.4 is 5.32 Å². The van der Waals surface area contributed by atoms with E-state index in [0.717, 1.165) is 0 Å². The standard InChI is InChI=1S/C10H18N2O3/c1-7-5-12(6-8(7)10(14)15)9(13)3-4-11-2/h7-8,11H,3-6H2,1-2H3,(H,14,15)/t7-,8-/m1/s1. The average molecular weight is 214 g/mol. The van der Waals surface area contributed by atoms with Crippen molar-refractivity contribution in [1.82, 2.24) is 10.2 Å². The molecule has 0 unspecified atom stereocenters. The molecule has 5 nitrogen and oxygen atoms in total. The molecule has 1 heterocycles. The molecule has 2 N–H and O–H groups in total. The lowest BCUT2D eigenvalue weighted by molar-refractivity contribution is -0.142. The van der Waals surface area contributed by atoms with E-state index < -0.39 is 11.9 Å². The van der Waals surface area contributed by atoms with Crippen LogP contribution in [-0.2, 0) is 9.59 Å². The first-order chi connectivity index (χ1) is 7.06. The maximum absolute atomic E-state index is 11.6. The second-order valence-corrected chi connectivity index (χ2v) is 4.07. The number of likely N-dealkylation sites (tertiary alicyclic amines) is 1. The van der Waals surface area contributed by atoms with E-state index in [0.29, 0.717) is 26.1 Å². The highest BCUT2D eigenvalue weighted by Crippen LogP contribution is 2.23. The van der Waals surface area contributed by atoms with Crippen molar-refractivity contribution >= 4 is 11.9 Å². The fraction of sp³-hybridized carbons (Fsp3) is 0.800. The van der Waals surface area contributed by atoms with E-state index in [2.05, 4.69) is 5.32 Å². The summed E-state index contributed by atoms with van der Waals surface area (Å²) in [6, 6.07) is 0. The first-order valence-electron chi connectivity index (χ1n) is 5.21. The lowest BCUT2D eigenvalue weighted by Gasteiger charge is -2.15. The molecular weight excluding hydrogens is 196 g/mol. The maximum atomic E-state index is 11.6. The molecule has 1 fully saturated rings. The van der Waals surface area contributed by atoms with Crippen LogP contribution in [0.1, 0.15) is 13.3 Å². The van der Waals surface area contributed by atoms with E-state index in [9.17, 15) is 9.59 Å². The van der Waals surface area contributed by atoms with Crippen LogP contribution in [0.3, 0.4) is 0 Å². The quantitative estimate of drug-likeness (QED) is 0.678. The Bertz CT molecular complexity index is 255. The van der Waals surface area contributed by atoms with Gasteiger partial charge in [-0.15, -0.1) is 0 Å². The number of amides is 1. The lowest BCUT2D eigenvalue weighted by Crippen LogP contribution is -2.31. The molecule has 5 heteroatoms. The van der Waals surface area contributed by atoms with E-state index in [4.69, 9.17) is 5.11 Å². The molecule has 1 aliphatic rings. The van der Waals surface area contributed by atoms with Crippen LogP contribution in [0.15, 0.2) is 0 Å². The third kappa shape index (κ3) is 2.92. The Hall–Kier alpha value is -1.10.